The van der Waals surface area contributed by atoms with Crippen molar-refractivity contribution >= 4 is 27.8 Å². The van der Waals surface area contributed by atoms with E-state index in [0.717, 1.165) is 38.7 Å². The molecule has 4 N–H and O–H groups in total. The van der Waals surface area contributed by atoms with Gasteiger partial charge in [0.1, 0.15) is 5.82 Å². The number of aromatic nitrogens is 4. The molecule has 0 saturated carbocycles. The first-order chi connectivity index (χ1) is 12.3. The van der Waals surface area contributed by atoms with Crippen LogP contribution in [0.1, 0.15) is 0 Å². The van der Waals surface area contributed by atoms with E-state index in [0.29, 0.717) is 11.5 Å². The minimum Gasteiger partial charge on any atom is -0.383 e. The Morgan fingerprint density at radius 1 is 0.880 bits per heavy atom. The predicted octanol–water partition coefficient (Wildman–Crippen LogP) is 4.36. The summed E-state index contributed by atoms with van der Waals surface area (Å²) >= 11 is 0. The van der Waals surface area contributed by atoms with Gasteiger partial charge in [0.25, 0.3) is 0 Å². The van der Waals surface area contributed by atoms with Crippen LogP contribution in [0.3, 0.4) is 0 Å². The average molecular weight is 325 g/mol. The summed E-state index contributed by atoms with van der Waals surface area (Å²) < 4.78 is 0. The number of fused-ring (bicyclic) bond motifs is 2. The van der Waals surface area contributed by atoms with Crippen LogP contribution in [0.5, 0.6) is 0 Å². The van der Waals surface area contributed by atoms with Gasteiger partial charge < -0.3 is 10.7 Å². The van der Waals surface area contributed by atoms with E-state index < -0.39 is 0 Å². The standard InChI is InChI=1S/C20H15N5/c21-19-18-15(12-5-2-1-3-6-12)11-17(23-20(18)25-24-19)13-7-4-8-16-14(13)9-10-22-16/h1-11,22H,(H3,21,23,24,25). The SMILES string of the molecule is Nc1[nH]nc2nc(-c3cccc4[nH]ccc34)cc(-c3ccccc3)c12. The van der Waals surface area contributed by atoms with Crippen LogP contribution in [-0.4, -0.2) is 20.2 Å². The molecular formula is C20H15N5. The topological polar surface area (TPSA) is 83.4 Å². The summed E-state index contributed by atoms with van der Waals surface area (Å²) in [5.41, 5.74) is 11.9. The summed E-state index contributed by atoms with van der Waals surface area (Å²) in [6.07, 6.45) is 1.94. The van der Waals surface area contributed by atoms with Crippen LogP contribution in [0, 0.1) is 0 Å². The van der Waals surface area contributed by atoms with E-state index in [1.54, 1.807) is 0 Å². The first-order valence-electron chi connectivity index (χ1n) is 8.08. The smallest absolute Gasteiger partial charge is 0.184 e. The van der Waals surface area contributed by atoms with Crippen LogP contribution >= 0.6 is 0 Å². The first kappa shape index (κ1) is 13.8. The zero-order valence-corrected chi connectivity index (χ0v) is 13.3. The Balaban J connectivity index is 1.85. The number of hydrogen-bond donors (Lipinski definition) is 3. The lowest BCUT2D eigenvalue weighted by molar-refractivity contribution is 1.11. The lowest BCUT2D eigenvalue weighted by Crippen LogP contribution is -1.91. The number of benzene rings is 2. The number of pyridine rings is 1. The molecule has 0 saturated heterocycles. The fraction of sp³-hybridized carbons (Fsp3) is 0. The Morgan fingerprint density at radius 3 is 2.64 bits per heavy atom. The van der Waals surface area contributed by atoms with Crippen molar-refractivity contribution < 1.29 is 0 Å². The minimum atomic E-state index is 0.535. The molecule has 0 spiro atoms. The quantitative estimate of drug-likeness (QED) is 0.451. The van der Waals surface area contributed by atoms with Crippen molar-refractivity contribution in [3.63, 3.8) is 0 Å². The van der Waals surface area contributed by atoms with E-state index in [2.05, 4.69) is 51.6 Å². The summed E-state index contributed by atoms with van der Waals surface area (Å²) in [6, 6.07) is 20.5. The van der Waals surface area contributed by atoms with E-state index in [1.807, 2.05) is 30.5 Å². The van der Waals surface area contributed by atoms with Crippen molar-refractivity contribution in [3.05, 3.63) is 66.9 Å². The Kier molecular flexibility index (Phi) is 2.87. The number of nitrogens with one attached hydrogen (secondary N) is 2. The molecular weight excluding hydrogens is 310 g/mol. The molecule has 5 aromatic rings. The fourth-order valence-corrected chi connectivity index (χ4v) is 3.34. The van der Waals surface area contributed by atoms with Crippen LogP contribution < -0.4 is 5.73 Å². The van der Waals surface area contributed by atoms with Crippen molar-refractivity contribution in [1.29, 1.82) is 0 Å². The van der Waals surface area contributed by atoms with E-state index in [9.17, 15) is 0 Å². The number of anilines is 1. The van der Waals surface area contributed by atoms with Gasteiger partial charge in [-0.25, -0.2) is 4.98 Å². The Labute approximate surface area is 143 Å². The molecule has 3 aromatic heterocycles. The van der Waals surface area contributed by atoms with E-state index in [4.69, 9.17) is 10.7 Å². The lowest BCUT2D eigenvalue weighted by Gasteiger charge is -2.09. The molecule has 0 aliphatic heterocycles. The van der Waals surface area contributed by atoms with E-state index in [1.165, 1.54) is 0 Å². The highest BCUT2D eigenvalue weighted by Gasteiger charge is 2.15. The second-order valence-corrected chi connectivity index (χ2v) is 6.00. The molecule has 0 bridgehead atoms. The van der Waals surface area contributed by atoms with E-state index in [-0.39, 0.29) is 0 Å². The van der Waals surface area contributed by atoms with Crippen molar-refractivity contribution in [2.24, 2.45) is 0 Å². The van der Waals surface area contributed by atoms with Gasteiger partial charge in [-0.15, -0.1) is 0 Å². The third-order valence-corrected chi connectivity index (χ3v) is 4.51. The largest absolute Gasteiger partial charge is 0.383 e. The molecule has 0 aliphatic carbocycles. The Morgan fingerprint density at radius 2 is 1.76 bits per heavy atom. The predicted molar refractivity (Wildman–Crippen MR) is 101 cm³/mol. The van der Waals surface area contributed by atoms with E-state index >= 15 is 0 Å². The maximum absolute atomic E-state index is 6.11. The summed E-state index contributed by atoms with van der Waals surface area (Å²) in [6.45, 7) is 0. The molecule has 25 heavy (non-hydrogen) atoms. The number of rotatable bonds is 2. The number of aromatic amines is 2. The van der Waals surface area contributed by atoms with Crippen molar-refractivity contribution in [3.8, 4) is 22.4 Å². The summed E-state index contributed by atoms with van der Waals surface area (Å²) in [5, 5.41) is 9.14. The zero-order valence-electron chi connectivity index (χ0n) is 13.3. The van der Waals surface area contributed by atoms with Crippen LogP contribution in [0.25, 0.3) is 44.3 Å². The summed E-state index contributed by atoms with van der Waals surface area (Å²) in [4.78, 5) is 7.99. The Hall–Kier alpha value is -3.60. The normalized spacial score (nSPS) is 11.4. The average Bonchev–Trinajstić information content (AvgIpc) is 3.28. The van der Waals surface area contributed by atoms with Gasteiger partial charge >= 0.3 is 0 Å². The van der Waals surface area contributed by atoms with Gasteiger partial charge in [0.2, 0.25) is 0 Å². The molecule has 3 heterocycles. The molecule has 0 amide bonds. The van der Waals surface area contributed by atoms with Crippen molar-refractivity contribution in [2.45, 2.75) is 0 Å². The monoisotopic (exact) mass is 325 g/mol. The lowest BCUT2D eigenvalue weighted by atomic mass is 9.99. The van der Waals surface area contributed by atoms with Gasteiger partial charge in [0.05, 0.1) is 11.1 Å². The number of H-pyrrole nitrogens is 2. The molecule has 5 rings (SSSR count). The summed E-state index contributed by atoms with van der Waals surface area (Å²) in [7, 11) is 0. The molecule has 2 aromatic carbocycles. The Bertz CT molecular complexity index is 1200. The fourth-order valence-electron chi connectivity index (χ4n) is 3.34. The van der Waals surface area contributed by atoms with Gasteiger partial charge in [-0.3, -0.25) is 5.10 Å². The highest BCUT2D eigenvalue weighted by atomic mass is 15.2. The highest BCUT2D eigenvalue weighted by molar-refractivity contribution is 6.03. The van der Waals surface area contributed by atoms with Crippen LogP contribution in [-0.2, 0) is 0 Å². The number of hydrogen-bond acceptors (Lipinski definition) is 3. The number of nitrogens with two attached hydrogens (primary N) is 1. The maximum atomic E-state index is 6.11. The summed E-state index contributed by atoms with van der Waals surface area (Å²) in [5.74, 6) is 0.535. The van der Waals surface area contributed by atoms with Crippen LogP contribution in [0.2, 0.25) is 0 Å². The maximum Gasteiger partial charge on any atom is 0.184 e. The van der Waals surface area contributed by atoms with Gasteiger partial charge in [0.15, 0.2) is 5.65 Å². The molecule has 0 fully saturated rings. The second kappa shape index (κ2) is 5.21. The molecule has 0 radical (unpaired) electrons. The molecule has 5 nitrogen and oxygen atoms in total. The van der Waals surface area contributed by atoms with Gasteiger partial charge in [-0.2, -0.15) is 5.10 Å². The zero-order chi connectivity index (χ0) is 16.8. The number of nitrogens with zero attached hydrogens (tertiary/aromatic N) is 2. The van der Waals surface area contributed by atoms with Gasteiger partial charge in [-0.1, -0.05) is 42.5 Å². The molecule has 5 heteroatoms. The third-order valence-electron chi connectivity index (χ3n) is 4.51. The van der Waals surface area contributed by atoms with Crippen LogP contribution in [0.15, 0.2) is 66.9 Å². The van der Waals surface area contributed by atoms with Gasteiger partial charge in [0, 0.05) is 22.7 Å². The number of nitrogen functional groups attached to an aromatic ring is 1. The molecule has 0 aliphatic rings. The first-order valence-corrected chi connectivity index (χ1v) is 8.08. The molecule has 0 atom stereocenters. The van der Waals surface area contributed by atoms with Crippen molar-refractivity contribution in [1.82, 2.24) is 20.2 Å². The minimum absolute atomic E-state index is 0.535. The van der Waals surface area contributed by atoms with Crippen molar-refractivity contribution in [2.75, 3.05) is 5.73 Å². The third kappa shape index (κ3) is 2.10. The molecule has 0 unspecified atom stereocenters. The highest BCUT2D eigenvalue weighted by Crippen LogP contribution is 2.35. The molecule has 120 valence electrons. The second-order valence-electron chi connectivity index (χ2n) is 6.00. The van der Waals surface area contributed by atoms with Crippen LogP contribution in [0.4, 0.5) is 5.82 Å². The van der Waals surface area contributed by atoms with Gasteiger partial charge in [-0.05, 0) is 29.3 Å².